The molecule has 2 fully saturated rings. The number of rotatable bonds is 6. The summed E-state index contributed by atoms with van der Waals surface area (Å²) >= 11 is 0. The van der Waals surface area contributed by atoms with Crippen LogP contribution in [-0.4, -0.2) is 43.2 Å². The predicted molar refractivity (Wildman–Crippen MR) is 125 cm³/mol. The number of methoxy groups -OCH3 is 2. The lowest BCUT2D eigenvalue weighted by Gasteiger charge is -2.45. The quantitative estimate of drug-likeness (QED) is 0.720. The van der Waals surface area contributed by atoms with Gasteiger partial charge in [0.1, 0.15) is 11.5 Å². The van der Waals surface area contributed by atoms with Crippen molar-refractivity contribution in [1.82, 2.24) is 4.90 Å². The molecule has 0 bridgehead atoms. The van der Waals surface area contributed by atoms with Gasteiger partial charge in [-0.1, -0.05) is 36.4 Å². The van der Waals surface area contributed by atoms with Crippen LogP contribution in [-0.2, 0) is 10.4 Å². The Kier molecular flexibility index (Phi) is 6.62. The van der Waals surface area contributed by atoms with Gasteiger partial charge in [-0.2, -0.15) is 5.26 Å². The smallest absolute Gasteiger partial charge is 0.229 e. The maximum absolute atomic E-state index is 13.5. The largest absolute Gasteiger partial charge is 0.496 e. The SMILES string of the molecule is COc1ccccc1[C@@H](C)C(=O)N1C[C@@H]2C[C@@H](CC#N)C[C@@](O)(c3ccccc3OC)[C@@H]2C1. The molecule has 1 saturated heterocycles. The summed E-state index contributed by atoms with van der Waals surface area (Å²) in [6.45, 7) is 2.98. The van der Waals surface area contributed by atoms with Gasteiger partial charge < -0.3 is 19.5 Å². The Morgan fingerprint density at radius 3 is 2.52 bits per heavy atom. The van der Waals surface area contributed by atoms with Crippen molar-refractivity contribution < 1.29 is 19.4 Å². The standard InChI is InChI=1S/C27H32N2O4/c1-18(21-8-4-6-10-24(21)32-2)26(30)29-16-20-14-19(12-13-28)15-27(31,23(20)17-29)22-9-5-7-11-25(22)33-3/h4-11,18-20,23,31H,12,14-17H2,1-3H3/t18-,19-,20+,23-,27-/m1/s1. The molecule has 1 saturated carbocycles. The Morgan fingerprint density at radius 2 is 1.82 bits per heavy atom. The van der Waals surface area contributed by atoms with Crippen molar-refractivity contribution in [2.75, 3.05) is 27.3 Å². The Labute approximate surface area is 195 Å². The maximum atomic E-state index is 13.5. The highest BCUT2D eigenvalue weighted by molar-refractivity contribution is 5.84. The molecule has 1 amide bonds. The molecule has 1 aliphatic heterocycles. The zero-order valence-electron chi connectivity index (χ0n) is 19.5. The highest BCUT2D eigenvalue weighted by Crippen LogP contribution is 2.53. The fourth-order valence-corrected chi connectivity index (χ4v) is 5.96. The van der Waals surface area contributed by atoms with E-state index in [1.807, 2.05) is 60.4 Å². The maximum Gasteiger partial charge on any atom is 0.229 e. The Balaban J connectivity index is 1.64. The first-order valence-electron chi connectivity index (χ1n) is 11.6. The number of aliphatic hydroxyl groups is 1. The van der Waals surface area contributed by atoms with E-state index in [-0.39, 0.29) is 29.6 Å². The first-order valence-corrected chi connectivity index (χ1v) is 11.6. The van der Waals surface area contributed by atoms with Gasteiger partial charge in [0.25, 0.3) is 0 Å². The number of carbonyl (C=O) groups excluding carboxylic acids is 1. The van der Waals surface area contributed by atoms with E-state index in [2.05, 4.69) is 6.07 Å². The number of amides is 1. The molecule has 1 heterocycles. The van der Waals surface area contributed by atoms with Crippen molar-refractivity contribution in [3.63, 3.8) is 0 Å². The molecule has 5 atom stereocenters. The second-order valence-corrected chi connectivity index (χ2v) is 9.37. The molecule has 0 aromatic heterocycles. The second-order valence-electron chi connectivity index (χ2n) is 9.37. The normalized spacial score (nSPS) is 27.4. The van der Waals surface area contributed by atoms with Crippen molar-refractivity contribution in [1.29, 1.82) is 5.26 Å². The lowest BCUT2D eigenvalue weighted by molar-refractivity contribution is -0.132. The molecule has 1 aliphatic carbocycles. The number of likely N-dealkylation sites (tertiary alicyclic amines) is 1. The lowest BCUT2D eigenvalue weighted by Crippen LogP contribution is -2.46. The van der Waals surface area contributed by atoms with Crippen LogP contribution >= 0.6 is 0 Å². The van der Waals surface area contributed by atoms with Crippen LogP contribution in [0.25, 0.3) is 0 Å². The summed E-state index contributed by atoms with van der Waals surface area (Å²) in [5, 5.41) is 21.5. The van der Waals surface area contributed by atoms with E-state index in [4.69, 9.17) is 9.47 Å². The van der Waals surface area contributed by atoms with E-state index in [9.17, 15) is 15.2 Å². The molecule has 2 aromatic carbocycles. The summed E-state index contributed by atoms with van der Waals surface area (Å²) in [4.78, 5) is 15.4. The number of nitriles is 1. The highest BCUT2D eigenvalue weighted by Gasteiger charge is 2.54. The number of benzene rings is 2. The molecule has 4 rings (SSSR count). The van der Waals surface area contributed by atoms with Gasteiger partial charge in [-0.05, 0) is 43.7 Å². The fourth-order valence-electron chi connectivity index (χ4n) is 5.96. The average molecular weight is 449 g/mol. The van der Waals surface area contributed by atoms with Crippen LogP contribution in [0.3, 0.4) is 0 Å². The summed E-state index contributed by atoms with van der Waals surface area (Å²) in [7, 11) is 3.22. The van der Waals surface area contributed by atoms with Gasteiger partial charge in [0, 0.05) is 36.6 Å². The third-order valence-corrected chi connectivity index (χ3v) is 7.53. The predicted octanol–water partition coefficient (Wildman–Crippen LogP) is 4.09. The molecular formula is C27H32N2O4. The van der Waals surface area contributed by atoms with E-state index in [0.29, 0.717) is 37.4 Å². The topological polar surface area (TPSA) is 82.8 Å². The number of para-hydroxylation sites is 2. The molecule has 2 aliphatic rings. The molecule has 174 valence electrons. The van der Waals surface area contributed by atoms with Crippen LogP contribution < -0.4 is 9.47 Å². The van der Waals surface area contributed by atoms with Crippen molar-refractivity contribution in [2.45, 2.75) is 37.7 Å². The van der Waals surface area contributed by atoms with Crippen molar-refractivity contribution >= 4 is 5.91 Å². The molecule has 33 heavy (non-hydrogen) atoms. The van der Waals surface area contributed by atoms with E-state index in [1.54, 1.807) is 14.2 Å². The summed E-state index contributed by atoms with van der Waals surface area (Å²) in [5.41, 5.74) is 0.458. The van der Waals surface area contributed by atoms with Gasteiger partial charge in [0.2, 0.25) is 5.91 Å². The van der Waals surface area contributed by atoms with Gasteiger partial charge in [-0.3, -0.25) is 4.79 Å². The molecule has 2 aromatic rings. The van der Waals surface area contributed by atoms with Crippen molar-refractivity contribution in [3.8, 4) is 17.6 Å². The minimum atomic E-state index is -1.15. The number of fused-ring (bicyclic) bond motifs is 1. The third kappa shape index (κ3) is 4.18. The fraction of sp³-hybridized carbons (Fsp3) is 0.481. The van der Waals surface area contributed by atoms with E-state index < -0.39 is 5.60 Å². The molecule has 6 nitrogen and oxygen atoms in total. The van der Waals surface area contributed by atoms with Crippen LogP contribution in [0, 0.1) is 29.1 Å². The lowest BCUT2D eigenvalue weighted by atomic mass is 9.63. The van der Waals surface area contributed by atoms with Gasteiger partial charge in [-0.25, -0.2) is 0 Å². The number of ether oxygens (including phenoxy) is 2. The summed E-state index contributed by atoms with van der Waals surface area (Å²) in [5.74, 6) is 1.12. The Hall–Kier alpha value is -3.04. The first kappa shape index (κ1) is 23.1. The number of carbonyl (C=O) groups is 1. The number of nitrogens with zero attached hydrogens (tertiary/aromatic N) is 2. The Bertz CT molecular complexity index is 1050. The van der Waals surface area contributed by atoms with Crippen molar-refractivity contribution in [3.05, 3.63) is 59.7 Å². The van der Waals surface area contributed by atoms with Crippen molar-refractivity contribution in [2.24, 2.45) is 17.8 Å². The molecule has 6 heteroatoms. The minimum absolute atomic E-state index is 0.0353. The molecular weight excluding hydrogens is 416 g/mol. The summed E-state index contributed by atoms with van der Waals surface area (Å²) in [6.07, 6.45) is 1.72. The van der Waals surface area contributed by atoms with E-state index in [1.165, 1.54) is 0 Å². The molecule has 0 spiro atoms. The highest BCUT2D eigenvalue weighted by atomic mass is 16.5. The summed E-state index contributed by atoms with van der Waals surface area (Å²) < 4.78 is 11.1. The minimum Gasteiger partial charge on any atom is -0.496 e. The van der Waals surface area contributed by atoms with E-state index in [0.717, 1.165) is 17.5 Å². The third-order valence-electron chi connectivity index (χ3n) is 7.53. The Morgan fingerprint density at radius 1 is 1.15 bits per heavy atom. The van der Waals surface area contributed by atoms with Gasteiger partial charge >= 0.3 is 0 Å². The number of hydrogen-bond donors (Lipinski definition) is 1. The van der Waals surface area contributed by atoms with E-state index >= 15 is 0 Å². The zero-order valence-corrected chi connectivity index (χ0v) is 19.5. The van der Waals surface area contributed by atoms with Gasteiger partial charge in [0.05, 0.1) is 31.8 Å². The number of hydrogen-bond acceptors (Lipinski definition) is 5. The van der Waals surface area contributed by atoms with Crippen LogP contribution in [0.4, 0.5) is 0 Å². The summed E-state index contributed by atoms with van der Waals surface area (Å²) in [6, 6.07) is 17.5. The van der Waals surface area contributed by atoms with Crippen LogP contribution in [0.15, 0.2) is 48.5 Å². The van der Waals surface area contributed by atoms with Gasteiger partial charge in [-0.15, -0.1) is 0 Å². The zero-order chi connectivity index (χ0) is 23.6. The van der Waals surface area contributed by atoms with Crippen LogP contribution in [0.2, 0.25) is 0 Å². The monoisotopic (exact) mass is 448 g/mol. The van der Waals surface area contributed by atoms with Gasteiger partial charge in [0.15, 0.2) is 0 Å². The second kappa shape index (κ2) is 9.44. The first-order chi connectivity index (χ1) is 15.9. The van der Waals surface area contributed by atoms with Crippen LogP contribution in [0.5, 0.6) is 11.5 Å². The molecule has 1 N–H and O–H groups in total. The average Bonchev–Trinajstić information content (AvgIpc) is 3.28. The molecule has 0 unspecified atom stereocenters. The van der Waals surface area contributed by atoms with Crippen LogP contribution in [0.1, 0.15) is 43.2 Å². The molecule has 0 radical (unpaired) electrons.